The van der Waals surface area contributed by atoms with Gasteiger partial charge in [-0.1, -0.05) is 18.2 Å². The Morgan fingerprint density at radius 1 is 0.897 bits per heavy atom. The second-order valence-electron chi connectivity index (χ2n) is 8.58. The summed E-state index contributed by atoms with van der Waals surface area (Å²) in [6, 6.07) is 21.6. The number of benzene rings is 4. The van der Waals surface area contributed by atoms with E-state index in [2.05, 4.69) is 10.0 Å². The Labute approximate surface area is 225 Å². The fourth-order valence-corrected chi connectivity index (χ4v) is 6.90. The number of carbonyl (C=O) groups excluding carboxylic acids is 1. The van der Waals surface area contributed by atoms with E-state index in [1.165, 1.54) is 49.6 Å². The molecule has 1 heterocycles. The number of hydrogen-bond acceptors (Lipinski definition) is 6. The third-order valence-electron chi connectivity index (χ3n) is 6.05. The van der Waals surface area contributed by atoms with Crippen molar-refractivity contribution in [1.29, 1.82) is 0 Å². The van der Waals surface area contributed by atoms with Crippen molar-refractivity contribution in [2.24, 2.45) is 0 Å². The van der Waals surface area contributed by atoms with Crippen molar-refractivity contribution in [3.8, 4) is 16.9 Å². The van der Waals surface area contributed by atoms with Crippen molar-refractivity contribution in [3.63, 3.8) is 0 Å². The smallest absolute Gasteiger partial charge is 0.265 e. The Hall–Kier alpha value is -4.42. The molecule has 0 aromatic heterocycles. The minimum Gasteiger partial charge on any atom is -0.497 e. The van der Waals surface area contributed by atoms with Gasteiger partial charge in [-0.05, 0) is 72.8 Å². The first-order valence-corrected chi connectivity index (χ1v) is 14.5. The van der Waals surface area contributed by atoms with Crippen LogP contribution in [0.25, 0.3) is 11.1 Å². The third kappa shape index (κ3) is 5.16. The Bertz CT molecular complexity index is 1780. The summed E-state index contributed by atoms with van der Waals surface area (Å²) in [5.74, 6) is -0.626. The van der Waals surface area contributed by atoms with Gasteiger partial charge in [-0.15, -0.1) is 0 Å². The summed E-state index contributed by atoms with van der Waals surface area (Å²) in [5, 5.41) is 2.59. The SMILES string of the molecule is COc1ccc(NS(=O)(=O)c2ccc(NC(=O)CN3c4ccc(F)cc4-c4ccccc4S3(=O)=O)cc2)cc1. The highest BCUT2D eigenvalue weighted by Gasteiger charge is 2.36. The second kappa shape index (κ2) is 10.0. The Kier molecular flexibility index (Phi) is 6.74. The van der Waals surface area contributed by atoms with Crippen molar-refractivity contribution in [3.05, 3.63) is 96.8 Å². The molecule has 5 rings (SSSR count). The first-order valence-electron chi connectivity index (χ1n) is 11.6. The number of nitrogens with zero attached hydrogens (tertiary/aromatic N) is 1. The number of ether oxygens (including phenoxy) is 1. The van der Waals surface area contributed by atoms with Crippen LogP contribution in [0, 0.1) is 5.82 Å². The Balaban J connectivity index is 1.33. The predicted octanol–water partition coefficient (Wildman–Crippen LogP) is 4.45. The van der Waals surface area contributed by atoms with E-state index in [1.54, 1.807) is 42.5 Å². The number of carbonyl (C=O) groups is 1. The summed E-state index contributed by atoms with van der Waals surface area (Å²) in [7, 11) is -6.50. The lowest BCUT2D eigenvalue weighted by molar-refractivity contribution is -0.114. The van der Waals surface area contributed by atoms with E-state index in [0.29, 0.717) is 22.6 Å². The van der Waals surface area contributed by atoms with Crippen molar-refractivity contribution in [2.45, 2.75) is 9.79 Å². The van der Waals surface area contributed by atoms with E-state index in [-0.39, 0.29) is 21.2 Å². The molecule has 39 heavy (non-hydrogen) atoms. The lowest BCUT2D eigenvalue weighted by atomic mass is 10.0. The van der Waals surface area contributed by atoms with Gasteiger partial charge in [-0.25, -0.2) is 21.2 Å². The third-order valence-corrected chi connectivity index (χ3v) is 9.27. The minimum absolute atomic E-state index is 0.0326. The average molecular weight is 568 g/mol. The van der Waals surface area contributed by atoms with Gasteiger partial charge in [0.25, 0.3) is 20.0 Å². The normalized spacial score (nSPS) is 13.6. The molecular formula is C27H22FN3O6S2. The van der Waals surface area contributed by atoms with Crippen LogP contribution in [0.5, 0.6) is 5.75 Å². The number of sulfonamides is 2. The molecule has 4 aromatic rings. The van der Waals surface area contributed by atoms with E-state index >= 15 is 0 Å². The average Bonchev–Trinajstić information content (AvgIpc) is 2.92. The molecule has 1 aliphatic heterocycles. The lowest BCUT2D eigenvalue weighted by Gasteiger charge is -2.31. The molecule has 0 unspecified atom stereocenters. The predicted molar refractivity (Wildman–Crippen MR) is 145 cm³/mol. The zero-order chi connectivity index (χ0) is 27.8. The lowest BCUT2D eigenvalue weighted by Crippen LogP contribution is -2.40. The van der Waals surface area contributed by atoms with Crippen molar-refractivity contribution < 1.29 is 30.8 Å². The molecule has 4 aromatic carbocycles. The fourth-order valence-electron chi connectivity index (χ4n) is 4.20. The van der Waals surface area contributed by atoms with E-state index in [9.17, 15) is 26.0 Å². The zero-order valence-corrected chi connectivity index (χ0v) is 22.1. The van der Waals surface area contributed by atoms with Crippen LogP contribution < -0.4 is 19.1 Å². The quantitative estimate of drug-likeness (QED) is 0.340. The molecule has 200 valence electrons. The van der Waals surface area contributed by atoms with Gasteiger partial charge in [-0.2, -0.15) is 0 Å². The van der Waals surface area contributed by atoms with Crippen LogP contribution in [-0.2, 0) is 24.8 Å². The first-order chi connectivity index (χ1) is 18.6. The summed E-state index contributed by atoms with van der Waals surface area (Å²) in [4.78, 5) is 12.8. The molecule has 2 N–H and O–H groups in total. The Morgan fingerprint density at radius 3 is 2.26 bits per heavy atom. The molecule has 0 spiro atoms. The monoisotopic (exact) mass is 567 g/mol. The molecule has 0 bridgehead atoms. The molecule has 0 saturated heterocycles. The minimum atomic E-state index is -4.10. The summed E-state index contributed by atoms with van der Waals surface area (Å²) in [6.45, 7) is -0.575. The molecule has 1 amide bonds. The largest absolute Gasteiger partial charge is 0.497 e. The number of amides is 1. The van der Waals surface area contributed by atoms with Crippen LogP contribution in [0.4, 0.5) is 21.5 Å². The van der Waals surface area contributed by atoms with E-state index in [1.807, 2.05) is 0 Å². The van der Waals surface area contributed by atoms with Crippen LogP contribution in [-0.4, -0.2) is 36.4 Å². The highest BCUT2D eigenvalue weighted by Crippen LogP contribution is 2.43. The number of hydrogen-bond donors (Lipinski definition) is 2. The molecule has 1 aliphatic rings. The highest BCUT2D eigenvalue weighted by molar-refractivity contribution is 7.93. The van der Waals surface area contributed by atoms with Crippen molar-refractivity contribution >= 4 is 43.0 Å². The number of halogens is 1. The maximum atomic E-state index is 14.0. The number of methoxy groups -OCH3 is 1. The van der Waals surface area contributed by atoms with E-state index in [4.69, 9.17) is 4.74 Å². The first kappa shape index (κ1) is 26.2. The van der Waals surface area contributed by atoms with Crippen LogP contribution in [0.3, 0.4) is 0 Å². The zero-order valence-electron chi connectivity index (χ0n) is 20.5. The van der Waals surface area contributed by atoms with Gasteiger partial charge in [0.2, 0.25) is 5.91 Å². The maximum Gasteiger partial charge on any atom is 0.265 e. The van der Waals surface area contributed by atoms with Gasteiger partial charge < -0.3 is 10.1 Å². The van der Waals surface area contributed by atoms with Gasteiger partial charge in [0, 0.05) is 22.5 Å². The molecular weight excluding hydrogens is 545 g/mol. The van der Waals surface area contributed by atoms with Gasteiger partial charge in [-0.3, -0.25) is 13.8 Å². The maximum absolute atomic E-state index is 14.0. The fraction of sp³-hybridized carbons (Fsp3) is 0.0741. The summed E-state index contributed by atoms with van der Waals surface area (Å²) in [6.07, 6.45) is 0. The van der Waals surface area contributed by atoms with Gasteiger partial charge >= 0.3 is 0 Å². The van der Waals surface area contributed by atoms with Crippen LogP contribution in [0.15, 0.2) is 101 Å². The molecule has 0 saturated carbocycles. The number of nitrogens with one attached hydrogen (secondary N) is 2. The van der Waals surface area contributed by atoms with E-state index < -0.39 is 38.3 Å². The highest BCUT2D eigenvalue weighted by atomic mass is 32.2. The standard InChI is InChI=1S/C27H22FN3O6S2/c1-37-21-11-7-20(8-12-21)30-38(33,34)22-13-9-19(10-14-22)29-27(32)17-31-25-15-6-18(28)16-24(25)23-4-2-3-5-26(23)39(31,35)36/h2-16,30H,17H2,1H3,(H,29,32). The molecule has 0 radical (unpaired) electrons. The van der Waals surface area contributed by atoms with E-state index in [0.717, 1.165) is 10.4 Å². The second-order valence-corrected chi connectivity index (χ2v) is 12.1. The van der Waals surface area contributed by atoms with Crippen LogP contribution in [0.1, 0.15) is 0 Å². The number of fused-ring (bicyclic) bond motifs is 3. The van der Waals surface area contributed by atoms with Gasteiger partial charge in [0.15, 0.2) is 0 Å². The molecule has 9 nitrogen and oxygen atoms in total. The Morgan fingerprint density at radius 2 is 1.56 bits per heavy atom. The molecule has 12 heteroatoms. The summed E-state index contributed by atoms with van der Waals surface area (Å²) < 4.78 is 74.7. The topological polar surface area (TPSA) is 122 Å². The molecule has 0 aliphatic carbocycles. The number of rotatable bonds is 7. The molecule has 0 fully saturated rings. The molecule has 0 atom stereocenters. The van der Waals surface area contributed by atoms with Gasteiger partial charge in [0.1, 0.15) is 18.1 Å². The van der Waals surface area contributed by atoms with Crippen molar-refractivity contribution in [2.75, 3.05) is 28.0 Å². The number of anilines is 3. The summed E-state index contributed by atoms with van der Waals surface area (Å²) in [5.41, 5.74) is 1.49. The summed E-state index contributed by atoms with van der Waals surface area (Å²) >= 11 is 0. The van der Waals surface area contributed by atoms with Crippen molar-refractivity contribution in [1.82, 2.24) is 0 Å². The van der Waals surface area contributed by atoms with Crippen LogP contribution >= 0.6 is 0 Å². The van der Waals surface area contributed by atoms with Crippen LogP contribution in [0.2, 0.25) is 0 Å². The van der Waals surface area contributed by atoms with Gasteiger partial charge in [0.05, 0.1) is 22.6 Å².